The molecular weight excluding hydrogens is 426 g/mol. The van der Waals surface area contributed by atoms with Gasteiger partial charge in [-0.3, -0.25) is 4.79 Å². The largest absolute Gasteiger partial charge is 0.494 e. The molecule has 1 aromatic heterocycles. The Morgan fingerprint density at radius 2 is 1.62 bits per heavy atom. The van der Waals surface area contributed by atoms with Gasteiger partial charge in [0.1, 0.15) is 5.75 Å². The quantitative estimate of drug-likeness (QED) is 0.561. The van der Waals surface area contributed by atoms with E-state index in [1.165, 1.54) is 10.7 Å². The third-order valence-corrected chi connectivity index (χ3v) is 6.45. The number of nitrogens with zero attached hydrogens (tertiary/aromatic N) is 2. The predicted octanol–water partition coefficient (Wildman–Crippen LogP) is 3.59. The van der Waals surface area contributed by atoms with Crippen LogP contribution in [-0.4, -0.2) is 31.3 Å². The van der Waals surface area contributed by atoms with Crippen LogP contribution < -0.4 is 15.0 Å². The van der Waals surface area contributed by atoms with Gasteiger partial charge in [-0.05, 0) is 60.4 Å². The molecule has 0 saturated heterocycles. The summed E-state index contributed by atoms with van der Waals surface area (Å²) in [6, 6.07) is 17.3. The van der Waals surface area contributed by atoms with Crippen LogP contribution in [0, 0.1) is 0 Å². The van der Waals surface area contributed by atoms with E-state index in [2.05, 4.69) is 30.6 Å². The molecule has 170 valence electrons. The molecule has 0 aliphatic heterocycles. The second-order valence-electron chi connectivity index (χ2n) is 8.41. The number of nitrogens with one attached hydrogen (secondary N) is 1. The summed E-state index contributed by atoms with van der Waals surface area (Å²) < 4.78 is 34.5. The Morgan fingerprint density at radius 3 is 2.22 bits per heavy atom. The highest BCUT2D eigenvalue weighted by atomic mass is 32.2. The molecular formula is C24H29N3O4S. The maximum atomic E-state index is 12.6. The second kappa shape index (κ2) is 9.67. The van der Waals surface area contributed by atoms with Crippen molar-refractivity contribution < 1.29 is 13.2 Å². The molecule has 7 nitrogen and oxygen atoms in total. The van der Waals surface area contributed by atoms with Crippen molar-refractivity contribution in [1.29, 1.82) is 0 Å². The molecule has 0 atom stereocenters. The molecule has 0 amide bonds. The zero-order chi connectivity index (χ0) is 23.4. The lowest BCUT2D eigenvalue weighted by molar-refractivity contribution is 0.340. The Balaban J connectivity index is 1.69. The molecule has 3 aromatic rings. The summed E-state index contributed by atoms with van der Waals surface area (Å²) >= 11 is 0. The SMILES string of the molecule is CCOc1ccc(-c2ccc(=O)n(CCNS(=O)(=O)c3ccc(C(C)(C)C)cc3)n2)cc1. The zero-order valence-electron chi connectivity index (χ0n) is 18.8. The third-order valence-electron chi connectivity index (χ3n) is 4.97. The van der Waals surface area contributed by atoms with E-state index in [-0.39, 0.29) is 29.0 Å². The van der Waals surface area contributed by atoms with E-state index in [4.69, 9.17) is 4.74 Å². The van der Waals surface area contributed by atoms with Crippen molar-refractivity contribution in [3.63, 3.8) is 0 Å². The van der Waals surface area contributed by atoms with Crippen LogP contribution in [0.2, 0.25) is 0 Å². The molecule has 0 aliphatic rings. The Kier molecular flexibility index (Phi) is 7.16. The summed E-state index contributed by atoms with van der Waals surface area (Å²) in [6.07, 6.45) is 0. The molecule has 0 saturated carbocycles. The highest BCUT2D eigenvalue weighted by molar-refractivity contribution is 7.89. The molecule has 1 N–H and O–H groups in total. The summed E-state index contributed by atoms with van der Waals surface area (Å²) in [4.78, 5) is 12.4. The van der Waals surface area contributed by atoms with Crippen LogP contribution in [0.1, 0.15) is 33.3 Å². The molecule has 0 unspecified atom stereocenters. The number of benzene rings is 2. The van der Waals surface area contributed by atoms with Crippen LogP contribution in [0.25, 0.3) is 11.3 Å². The highest BCUT2D eigenvalue weighted by Crippen LogP contribution is 2.23. The number of hydrogen-bond donors (Lipinski definition) is 1. The van der Waals surface area contributed by atoms with Gasteiger partial charge in [0.25, 0.3) is 5.56 Å². The van der Waals surface area contributed by atoms with Gasteiger partial charge in [-0.25, -0.2) is 17.8 Å². The van der Waals surface area contributed by atoms with Crippen LogP contribution in [0.5, 0.6) is 5.75 Å². The average Bonchev–Trinajstić information content (AvgIpc) is 2.75. The molecule has 0 spiro atoms. The van der Waals surface area contributed by atoms with Crippen molar-refractivity contribution in [2.45, 2.75) is 44.6 Å². The fourth-order valence-corrected chi connectivity index (χ4v) is 4.18. The maximum absolute atomic E-state index is 12.6. The van der Waals surface area contributed by atoms with Crippen LogP contribution in [0.15, 0.2) is 70.4 Å². The van der Waals surface area contributed by atoms with Crippen LogP contribution in [0.4, 0.5) is 0 Å². The Labute approximate surface area is 189 Å². The minimum absolute atomic E-state index is 0.0446. The highest BCUT2D eigenvalue weighted by Gasteiger charge is 2.17. The molecule has 0 radical (unpaired) electrons. The number of sulfonamides is 1. The van der Waals surface area contributed by atoms with Crippen molar-refractivity contribution in [3.8, 4) is 17.0 Å². The zero-order valence-corrected chi connectivity index (χ0v) is 19.6. The second-order valence-corrected chi connectivity index (χ2v) is 10.2. The number of hydrogen-bond acceptors (Lipinski definition) is 5. The molecule has 0 bridgehead atoms. The topological polar surface area (TPSA) is 90.3 Å². The molecule has 0 aliphatic carbocycles. The van der Waals surface area contributed by atoms with E-state index in [1.807, 2.05) is 43.3 Å². The summed E-state index contributed by atoms with van der Waals surface area (Å²) in [5.41, 5.74) is 2.15. The summed E-state index contributed by atoms with van der Waals surface area (Å²) in [6.45, 7) is 8.87. The predicted molar refractivity (Wildman–Crippen MR) is 125 cm³/mol. The smallest absolute Gasteiger partial charge is 0.266 e. The molecule has 3 rings (SSSR count). The summed E-state index contributed by atoms with van der Waals surface area (Å²) in [5.74, 6) is 0.759. The Morgan fingerprint density at radius 1 is 0.969 bits per heavy atom. The minimum atomic E-state index is -3.69. The van der Waals surface area contributed by atoms with Gasteiger partial charge in [-0.1, -0.05) is 32.9 Å². The van der Waals surface area contributed by atoms with E-state index in [9.17, 15) is 13.2 Å². The first-order valence-electron chi connectivity index (χ1n) is 10.5. The van der Waals surface area contributed by atoms with Gasteiger partial charge in [0.2, 0.25) is 10.0 Å². The fourth-order valence-electron chi connectivity index (χ4n) is 3.15. The van der Waals surface area contributed by atoms with Gasteiger partial charge in [0.05, 0.1) is 23.7 Å². The van der Waals surface area contributed by atoms with Gasteiger partial charge in [-0.15, -0.1) is 0 Å². The van der Waals surface area contributed by atoms with Crippen molar-refractivity contribution in [2.75, 3.05) is 13.2 Å². The van der Waals surface area contributed by atoms with Crippen LogP contribution in [0.3, 0.4) is 0 Å². The molecule has 32 heavy (non-hydrogen) atoms. The average molecular weight is 456 g/mol. The van der Waals surface area contributed by atoms with E-state index >= 15 is 0 Å². The lowest BCUT2D eigenvalue weighted by Crippen LogP contribution is -2.32. The first-order chi connectivity index (χ1) is 15.1. The third kappa shape index (κ3) is 5.83. The van der Waals surface area contributed by atoms with Crippen LogP contribution in [-0.2, 0) is 22.0 Å². The van der Waals surface area contributed by atoms with E-state index in [0.29, 0.717) is 12.3 Å². The molecule has 2 aromatic carbocycles. The fraction of sp³-hybridized carbons (Fsp3) is 0.333. The maximum Gasteiger partial charge on any atom is 0.266 e. The van der Waals surface area contributed by atoms with E-state index in [0.717, 1.165) is 16.9 Å². The van der Waals surface area contributed by atoms with Gasteiger partial charge in [-0.2, -0.15) is 5.10 Å². The van der Waals surface area contributed by atoms with Gasteiger partial charge >= 0.3 is 0 Å². The van der Waals surface area contributed by atoms with Gasteiger partial charge in [0.15, 0.2) is 0 Å². The molecule has 0 fully saturated rings. The van der Waals surface area contributed by atoms with E-state index < -0.39 is 10.0 Å². The summed E-state index contributed by atoms with van der Waals surface area (Å²) in [5, 5.41) is 4.38. The summed E-state index contributed by atoms with van der Waals surface area (Å²) in [7, 11) is -3.69. The van der Waals surface area contributed by atoms with Crippen molar-refractivity contribution in [3.05, 3.63) is 76.6 Å². The number of rotatable bonds is 8. The standard InChI is InChI=1S/C24H29N3O4S/c1-5-31-20-10-6-18(7-11-20)22-14-15-23(28)27(26-22)17-16-25-32(29,30)21-12-8-19(9-13-21)24(2,3)4/h6-15,25H,5,16-17H2,1-4H3. The normalized spacial score (nSPS) is 12.0. The van der Waals surface area contributed by atoms with Crippen molar-refractivity contribution in [1.82, 2.24) is 14.5 Å². The lowest BCUT2D eigenvalue weighted by Gasteiger charge is -2.19. The van der Waals surface area contributed by atoms with Crippen molar-refractivity contribution in [2.24, 2.45) is 0 Å². The van der Waals surface area contributed by atoms with Gasteiger partial charge in [0, 0.05) is 18.2 Å². The minimum Gasteiger partial charge on any atom is -0.494 e. The number of aromatic nitrogens is 2. The first-order valence-corrected chi connectivity index (χ1v) is 12.0. The van der Waals surface area contributed by atoms with Crippen molar-refractivity contribution >= 4 is 10.0 Å². The lowest BCUT2D eigenvalue weighted by atomic mass is 9.87. The van der Waals surface area contributed by atoms with Gasteiger partial charge < -0.3 is 4.74 Å². The molecule has 8 heteroatoms. The van der Waals surface area contributed by atoms with E-state index in [1.54, 1.807) is 18.2 Å². The first kappa shape index (κ1) is 23.7. The Hall–Kier alpha value is -2.97. The number of ether oxygens (including phenoxy) is 1. The van der Waals surface area contributed by atoms with Crippen LogP contribution >= 0.6 is 0 Å². The Bertz CT molecular complexity index is 1210. The monoisotopic (exact) mass is 455 g/mol. The molecule has 1 heterocycles.